The average Bonchev–Trinajstić information content (AvgIpc) is 4.11. The van der Waals surface area contributed by atoms with E-state index in [1.807, 2.05) is 12.1 Å². The zero-order chi connectivity index (χ0) is 43.0. The Morgan fingerprint density at radius 2 is 0.532 bits per heavy atom. The molecule has 0 aliphatic carbocycles. The number of aromatic amines is 4. The topological polar surface area (TPSA) is 137 Å². The third-order valence-electron chi connectivity index (χ3n) is 13.2. The summed E-state index contributed by atoms with van der Waals surface area (Å²) in [5, 5.41) is 0. The van der Waals surface area contributed by atoms with Crippen LogP contribution in [0.4, 0.5) is 0 Å². The quantitative estimate of drug-likeness (QED) is 0.112. The molecule has 9 heterocycles. The smallest absolute Gasteiger partial charge is 0.123 e. The Labute approximate surface area is 363 Å². The summed E-state index contributed by atoms with van der Waals surface area (Å²) in [5.74, 6) is 2.72. The van der Waals surface area contributed by atoms with Crippen molar-refractivity contribution in [3.63, 3.8) is 0 Å². The maximum absolute atomic E-state index is 6.43. The second-order valence-electron chi connectivity index (χ2n) is 17.9. The summed E-state index contributed by atoms with van der Waals surface area (Å²) in [5.41, 5.74) is 8.05. The zero-order valence-electron chi connectivity index (χ0n) is 36.8. The first-order chi connectivity index (χ1) is 30.0. The van der Waals surface area contributed by atoms with E-state index < -0.39 is 21.7 Å². The van der Waals surface area contributed by atoms with Gasteiger partial charge >= 0.3 is 0 Å². The van der Waals surface area contributed by atoms with E-state index in [0.29, 0.717) is 102 Å². The van der Waals surface area contributed by atoms with Crippen LogP contribution in [0.5, 0.6) is 23.0 Å². The lowest BCUT2D eigenvalue weighted by molar-refractivity contribution is 0.0260. The van der Waals surface area contributed by atoms with Crippen LogP contribution in [-0.2, 0) is 40.6 Å². The van der Waals surface area contributed by atoms with Crippen molar-refractivity contribution in [1.29, 1.82) is 0 Å². The van der Waals surface area contributed by atoms with E-state index in [4.69, 9.17) is 37.9 Å². The molecule has 12 heteroatoms. The molecule has 12 nitrogen and oxygen atoms in total. The van der Waals surface area contributed by atoms with Crippen LogP contribution in [0.15, 0.2) is 84.9 Å². The van der Waals surface area contributed by atoms with E-state index in [1.165, 1.54) is 0 Å². The molecule has 16 bridgehead atoms. The summed E-state index contributed by atoms with van der Waals surface area (Å²) in [7, 11) is 0. The van der Waals surface area contributed by atoms with Crippen molar-refractivity contribution in [2.24, 2.45) is 0 Å². The van der Waals surface area contributed by atoms with Crippen molar-refractivity contribution in [3.8, 4) is 23.0 Å². The third kappa shape index (κ3) is 7.94. The minimum Gasteiger partial charge on any atom is -0.491 e. The summed E-state index contributed by atoms with van der Waals surface area (Å²) in [6.45, 7) is 18.2. The van der Waals surface area contributed by atoms with Crippen molar-refractivity contribution < 1.29 is 37.9 Å². The molecule has 0 spiro atoms. The average molecular weight is 845 g/mol. The summed E-state index contributed by atoms with van der Waals surface area (Å²) in [6.07, 6.45) is 0. The molecule has 0 radical (unpaired) electrons. The van der Waals surface area contributed by atoms with E-state index >= 15 is 0 Å². The van der Waals surface area contributed by atoms with Crippen LogP contribution in [0.1, 0.15) is 98.2 Å². The molecule has 5 aliphatic heterocycles. The van der Waals surface area contributed by atoms with Crippen LogP contribution >= 0.6 is 0 Å². The van der Waals surface area contributed by atoms with Crippen molar-refractivity contribution >= 4 is 0 Å². The van der Waals surface area contributed by atoms with Crippen LogP contribution in [0.3, 0.4) is 0 Å². The Morgan fingerprint density at radius 3 is 0.790 bits per heavy atom. The van der Waals surface area contributed by atoms with E-state index in [1.54, 1.807) is 0 Å². The highest BCUT2D eigenvalue weighted by molar-refractivity contribution is 5.55. The maximum atomic E-state index is 6.43. The number of nitrogens with one attached hydrogen (secondary N) is 4. The SMILES string of the molecule is CC1(C)c2ccc([nH]2)C2(C)c3cc4cc(c3)OCCOCCOCCOc3cc(cc(c3)C(C)(c3ccc1[nH]3)c1ccc([nH]1)C(C)(C)c1ccc2[nH]1)OCCOCCOCCO4. The first-order valence-corrected chi connectivity index (χ1v) is 21.9. The fourth-order valence-electron chi connectivity index (χ4n) is 8.98. The van der Waals surface area contributed by atoms with Gasteiger partial charge in [0.15, 0.2) is 0 Å². The van der Waals surface area contributed by atoms with Gasteiger partial charge in [0.1, 0.15) is 49.4 Å². The number of ether oxygens (including phenoxy) is 8. The van der Waals surface area contributed by atoms with Crippen LogP contribution in [0.25, 0.3) is 0 Å². The maximum Gasteiger partial charge on any atom is 0.123 e. The predicted octanol–water partition coefficient (Wildman–Crippen LogP) is 8.28. The predicted molar refractivity (Wildman–Crippen MR) is 237 cm³/mol. The minimum absolute atomic E-state index is 0.351. The number of benzene rings is 2. The third-order valence-corrected chi connectivity index (χ3v) is 13.2. The molecule has 0 amide bonds. The molecule has 4 aromatic heterocycles. The van der Waals surface area contributed by atoms with Gasteiger partial charge in [0, 0.05) is 68.5 Å². The molecule has 62 heavy (non-hydrogen) atoms. The van der Waals surface area contributed by atoms with Gasteiger partial charge in [-0.3, -0.25) is 0 Å². The molecule has 11 rings (SSSR count). The molecule has 0 atom stereocenters. The monoisotopic (exact) mass is 844 g/mol. The second-order valence-corrected chi connectivity index (χ2v) is 17.9. The molecule has 0 fully saturated rings. The van der Waals surface area contributed by atoms with Gasteiger partial charge in [-0.1, -0.05) is 0 Å². The van der Waals surface area contributed by atoms with Crippen LogP contribution in [-0.4, -0.2) is 99.2 Å². The van der Waals surface area contributed by atoms with E-state index in [0.717, 1.165) is 56.7 Å². The molecule has 5 aliphatic rings. The number of aromatic nitrogens is 4. The molecule has 0 saturated heterocycles. The van der Waals surface area contributed by atoms with Gasteiger partial charge in [-0.15, -0.1) is 0 Å². The fourth-order valence-corrected chi connectivity index (χ4v) is 8.98. The van der Waals surface area contributed by atoms with E-state index in [-0.39, 0.29) is 0 Å². The zero-order valence-corrected chi connectivity index (χ0v) is 36.8. The molecule has 2 aromatic carbocycles. The lowest BCUT2D eigenvalue weighted by atomic mass is 9.76. The molecule has 4 N–H and O–H groups in total. The van der Waals surface area contributed by atoms with Crippen molar-refractivity contribution in [2.45, 2.75) is 63.2 Å². The number of rotatable bonds is 0. The molecule has 0 saturated carbocycles. The van der Waals surface area contributed by atoms with Gasteiger partial charge in [-0.25, -0.2) is 0 Å². The van der Waals surface area contributed by atoms with Gasteiger partial charge in [0.25, 0.3) is 0 Å². The Bertz CT molecular complexity index is 2150. The number of hydrogen-bond acceptors (Lipinski definition) is 8. The largest absolute Gasteiger partial charge is 0.491 e. The fraction of sp³-hybridized carbons (Fsp3) is 0.440. The van der Waals surface area contributed by atoms with Crippen LogP contribution in [0, 0.1) is 0 Å². The van der Waals surface area contributed by atoms with Crippen LogP contribution < -0.4 is 18.9 Å². The van der Waals surface area contributed by atoms with Crippen molar-refractivity contribution in [2.75, 3.05) is 79.3 Å². The van der Waals surface area contributed by atoms with Gasteiger partial charge in [0.2, 0.25) is 0 Å². The van der Waals surface area contributed by atoms with E-state index in [9.17, 15) is 0 Å². The van der Waals surface area contributed by atoms with Gasteiger partial charge in [-0.05, 0) is 125 Å². The van der Waals surface area contributed by atoms with Gasteiger partial charge in [-0.2, -0.15) is 0 Å². The molecule has 6 aromatic rings. The Kier molecular flexibility index (Phi) is 11.5. The summed E-state index contributed by atoms with van der Waals surface area (Å²) < 4.78 is 49.5. The summed E-state index contributed by atoms with van der Waals surface area (Å²) >= 11 is 0. The highest BCUT2D eigenvalue weighted by Gasteiger charge is 2.41. The molecule has 328 valence electrons. The second kappa shape index (κ2) is 17.0. The summed E-state index contributed by atoms with van der Waals surface area (Å²) in [4.78, 5) is 15.8. The first kappa shape index (κ1) is 41.9. The first-order valence-electron chi connectivity index (χ1n) is 21.9. The highest BCUT2D eigenvalue weighted by Crippen LogP contribution is 2.47. The Hall–Kier alpha value is -5.40. The molecule has 0 unspecified atom stereocenters. The Morgan fingerprint density at radius 1 is 0.306 bits per heavy atom. The Balaban J connectivity index is 1.30. The van der Waals surface area contributed by atoms with Crippen LogP contribution in [0.2, 0.25) is 0 Å². The number of fused-ring (bicyclic) bond motifs is 18. The van der Waals surface area contributed by atoms with Crippen molar-refractivity contribution in [3.05, 3.63) is 142 Å². The lowest BCUT2D eigenvalue weighted by Gasteiger charge is -2.32. The highest BCUT2D eigenvalue weighted by atomic mass is 16.6. The molecular weight excluding hydrogens is 785 g/mol. The van der Waals surface area contributed by atoms with Gasteiger partial charge < -0.3 is 57.8 Å². The number of hydrogen-bond donors (Lipinski definition) is 4. The van der Waals surface area contributed by atoms with Crippen molar-refractivity contribution in [1.82, 2.24) is 19.9 Å². The lowest BCUT2D eigenvalue weighted by Crippen LogP contribution is -2.30. The standard InChI is InChI=1S/C50H60N4O8/c1-47(2)39-7-11-43(51-39)49(5)33-27-35-31-36(28-33)60-24-20-56-16-18-58-22-26-62-38-30-34(29-37(32-38)61-25-21-57-17-15-55-19-23-59-35)50(6,44-12-8-40(47)52-44)46-14-10-42(54-46)48(3,4)41-9-13-45(49)53-41/h7-14,27-32,51-54H,15-26H2,1-6H3. The minimum atomic E-state index is -0.704. The molecular formula is C50H60N4O8. The normalized spacial score (nSPS) is 23.2. The van der Waals surface area contributed by atoms with E-state index in [2.05, 4.69) is 134 Å². The summed E-state index contributed by atoms with van der Waals surface area (Å²) in [6, 6.07) is 30.1. The van der Waals surface area contributed by atoms with Gasteiger partial charge in [0.05, 0.1) is 63.7 Å². The number of H-pyrrole nitrogens is 4.